The number of sulfonamides is 1. The molecule has 148 valence electrons. The van der Waals surface area contributed by atoms with Crippen LogP contribution in [0.15, 0.2) is 53.4 Å². The first-order valence-electron chi connectivity index (χ1n) is 9.35. The molecule has 1 saturated heterocycles. The van der Waals surface area contributed by atoms with Crippen LogP contribution in [0.5, 0.6) is 0 Å². The molecule has 0 unspecified atom stereocenters. The van der Waals surface area contributed by atoms with E-state index in [1.165, 1.54) is 4.31 Å². The maximum atomic E-state index is 13.1. The molecule has 7 nitrogen and oxygen atoms in total. The van der Waals surface area contributed by atoms with Crippen LogP contribution in [0.2, 0.25) is 0 Å². The summed E-state index contributed by atoms with van der Waals surface area (Å²) < 4.78 is 32.8. The molecular weight excluding hydrogens is 378 g/mol. The fraction of sp³-hybridized carbons (Fsp3) is 0.350. The van der Waals surface area contributed by atoms with E-state index in [9.17, 15) is 13.2 Å². The van der Waals surface area contributed by atoms with Crippen molar-refractivity contribution in [1.29, 1.82) is 0 Å². The lowest BCUT2D eigenvalue weighted by Crippen LogP contribution is -2.45. The Labute approximate surface area is 165 Å². The number of nitrogens with zero attached hydrogens (tertiary/aromatic N) is 2. The van der Waals surface area contributed by atoms with Crippen molar-refractivity contribution in [2.75, 3.05) is 50.2 Å². The maximum absolute atomic E-state index is 13.1. The van der Waals surface area contributed by atoms with E-state index in [1.54, 1.807) is 30.3 Å². The van der Waals surface area contributed by atoms with Crippen LogP contribution in [0.4, 0.5) is 5.69 Å². The van der Waals surface area contributed by atoms with Crippen LogP contribution in [0.3, 0.4) is 0 Å². The largest absolute Gasteiger partial charge is 0.379 e. The highest BCUT2D eigenvalue weighted by atomic mass is 32.2. The minimum absolute atomic E-state index is 0.231. The van der Waals surface area contributed by atoms with E-state index in [2.05, 4.69) is 10.2 Å². The Bertz CT molecular complexity index is 971. The standard InChI is InChI=1S/C20H23N3O4S/c24-20(21-9-10-22-11-13-27-14-12-22)15-23-18-7-3-1-5-16(18)17-6-2-4-8-19(17)28(23,25)26/h1-8H,9-15H2,(H,21,24). The predicted molar refractivity (Wildman–Crippen MR) is 107 cm³/mol. The summed E-state index contributed by atoms with van der Waals surface area (Å²) in [4.78, 5) is 14.9. The molecule has 0 aromatic heterocycles. The van der Waals surface area contributed by atoms with Crippen LogP contribution in [0.25, 0.3) is 11.1 Å². The van der Waals surface area contributed by atoms with Gasteiger partial charge in [-0.2, -0.15) is 0 Å². The number of morpholine rings is 1. The Kier molecular flexibility index (Phi) is 5.34. The van der Waals surface area contributed by atoms with Crippen LogP contribution >= 0.6 is 0 Å². The number of hydrogen-bond donors (Lipinski definition) is 1. The molecule has 0 saturated carbocycles. The molecule has 2 aromatic rings. The number of ether oxygens (including phenoxy) is 1. The molecule has 2 heterocycles. The van der Waals surface area contributed by atoms with Crippen molar-refractivity contribution in [3.05, 3.63) is 48.5 Å². The second kappa shape index (κ2) is 7.90. The van der Waals surface area contributed by atoms with Crippen LogP contribution in [0, 0.1) is 0 Å². The maximum Gasteiger partial charge on any atom is 0.265 e. The van der Waals surface area contributed by atoms with Gasteiger partial charge in [0.25, 0.3) is 10.0 Å². The Morgan fingerprint density at radius 2 is 1.68 bits per heavy atom. The number of para-hydroxylation sites is 1. The van der Waals surface area contributed by atoms with Crippen molar-refractivity contribution in [3.63, 3.8) is 0 Å². The molecule has 0 aliphatic carbocycles. The molecule has 1 N–H and O–H groups in total. The van der Waals surface area contributed by atoms with Crippen molar-refractivity contribution in [1.82, 2.24) is 10.2 Å². The molecule has 1 fully saturated rings. The lowest BCUT2D eigenvalue weighted by Gasteiger charge is -2.31. The monoisotopic (exact) mass is 401 g/mol. The van der Waals surface area contributed by atoms with Gasteiger partial charge < -0.3 is 10.1 Å². The van der Waals surface area contributed by atoms with Gasteiger partial charge in [-0.05, 0) is 12.1 Å². The number of hydrogen-bond acceptors (Lipinski definition) is 5. The van der Waals surface area contributed by atoms with Gasteiger partial charge in [-0.25, -0.2) is 8.42 Å². The molecule has 0 bridgehead atoms. The molecule has 0 radical (unpaired) electrons. The number of rotatable bonds is 5. The van der Waals surface area contributed by atoms with Gasteiger partial charge in [-0.1, -0.05) is 36.4 Å². The van der Waals surface area contributed by atoms with Gasteiger partial charge in [-0.3, -0.25) is 14.0 Å². The van der Waals surface area contributed by atoms with E-state index < -0.39 is 10.0 Å². The van der Waals surface area contributed by atoms with Gasteiger partial charge in [0, 0.05) is 37.3 Å². The highest BCUT2D eigenvalue weighted by Gasteiger charge is 2.35. The van der Waals surface area contributed by atoms with E-state index in [1.807, 2.05) is 18.2 Å². The van der Waals surface area contributed by atoms with Gasteiger partial charge >= 0.3 is 0 Å². The summed E-state index contributed by atoms with van der Waals surface area (Å²) in [7, 11) is -3.79. The highest BCUT2D eigenvalue weighted by Crippen LogP contribution is 2.42. The third-order valence-electron chi connectivity index (χ3n) is 5.06. The van der Waals surface area contributed by atoms with Crippen molar-refractivity contribution in [2.24, 2.45) is 0 Å². The molecule has 1 amide bonds. The first-order chi connectivity index (χ1) is 13.6. The molecule has 2 aromatic carbocycles. The van der Waals surface area contributed by atoms with E-state index in [0.717, 1.165) is 25.2 Å². The van der Waals surface area contributed by atoms with Crippen LogP contribution in [0.1, 0.15) is 0 Å². The number of anilines is 1. The number of carbonyl (C=O) groups is 1. The van der Waals surface area contributed by atoms with Crippen LogP contribution in [-0.2, 0) is 19.6 Å². The zero-order valence-corrected chi connectivity index (χ0v) is 16.3. The normalized spacial score (nSPS) is 18.2. The minimum atomic E-state index is -3.79. The summed E-state index contributed by atoms with van der Waals surface area (Å²) in [5, 5.41) is 2.84. The first kappa shape index (κ1) is 18.9. The Morgan fingerprint density at radius 1 is 1.00 bits per heavy atom. The number of amides is 1. The van der Waals surface area contributed by atoms with Crippen molar-refractivity contribution in [2.45, 2.75) is 4.90 Å². The number of carbonyl (C=O) groups excluding carboxylic acids is 1. The van der Waals surface area contributed by atoms with Crippen molar-refractivity contribution >= 4 is 21.6 Å². The lowest BCUT2D eigenvalue weighted by atomic mass is 10.0. The third kappa shape index (κ3) is 3.63. The summed E-state index contributed by atoms with van der Waals surface area (Å²) in [5.74, 6) is -0.314. The molecule has 8 heteroatoms. The van der Waals surface area contributed by atoms with Gasteiger partial charge in [0.15, 0.2) is 0 Å². The van der Waals surface area contributed by atoms with E-state index in [-0.39, 0.29) is 17.3 Å². The minimum Gasteiger partial charge on any atom is -0.379 e. The Morgan fingerprint density at radius 3 is 2.46 bits per heavy atom. The van der Waals surface area contributed by atoms with Crippen LogP contribution in [-0.4, -0.2) is 65.2 Å². The number of nitrogens with one attached hydrogen (secondary N) is 1. The van der Waals surface area contributed by atoms with E-state index in [4.69, 9.17) is 4.74 Å². The fourth-order valence-electron chi connectivity index (χ4n) is 3.62. The van der Waals surface area contributed by atoms with Crippen molar-refractivity contribution < 1.29 is 17.9 Å². The number of fused-ring (bicyclic) bond motifs is 3. The highest BCUT2D eigenvalue weighted by molar-refractivity contribution is 7.93. The average molecular weight is 401 g/mol. The predicted octanol–water partition coefficient (Wildman–Crippen LogP) is 1.31. The Hall–Kier alpha value is -2.42. The van der Waals surface area contributed by atoms with E-state index >= 15 is 0 Å². The summed E-state index contributed by atoms with van der Waals surface area (Å²) >= 11 is 0. The molecule has 2 aliphatic rings. The number of benzene rings is 2. The third-order valence-corrected chi connectivity index (χ3v) is 6.88. The molecular formula is C20H23N3O4S. The van der Waals surface area contributed by atoms with Gasteiger partial charge in [0.05, 0.1) is 23.8 Å². The fourth-order valence-corrected chi connectivity index (χ4v) is 5.27. The zero-order chi connectivity index (χ0) is 19.6. The molecule has 0 spiro atoms. The summed E-state index contributed by atoms with van der Waals surface area (Å²) in [6.45, 7) is 4.07. The first-order valence-corrected chi connectivity index (χ1v) is 10.8. The molecule has 28 heavy (non-hydrogen) atoms. The van der Waals surface area contributed by atoms with Gasteiger partial charge in [0.1, 0.15) is 6.54 Å². The second-order valence-electron chi connectivity index (χ2n) is 6.83. The lowest BCUT2D eigenvalue weighted by molar-refractivity contribution is -0.119. The quantitative estimate of drug-likeness (QED) is 0.817. The molecule has 2 aliphatic heterocycles. The Balaban J connectivity index is 1.50. The summed E-state index contributed by atoms with van der Waals surface area (Å²) in [5.41, 5.74) is 2.01. The zero-order valence-electron chi connectivity index (χ0n) is 15.5. The average Bonchev–Trinajstić information content (AvgIpc) is 2.72. The van der Waals surface area contributed by atoms with Crippen LogP contribution < -0.4 is 9.62 Å². The van der Waals surface area contributed by atoms with Gasteiger partial charge in [-0.15, -0.1) is 0 Å². The van der Waals surface area contributed by atoms with Crippen molar-refractivity contribution in [3.8, 4) is 11.1 Å². The smallest absolute Gasteiger partial charge is 0.265 e. The van der Waals surface area contributed by atoms with E-state index in [0.29, 0.717) is 31.0 Å². The molecule has 0 atom stereocenters. The molecule has 4 rings (SSSR count). The summed E-state index contributed by atoms with van der Waals surface area (Å²) in [6.07, 6.45) is 0. The SMILES string of the molecule is O=C(CN1c2ccccc2-c2ccccc2S1(=O)=O)NCCN1CCOCC1. The topological polar surface area (TPSA) is 79.0 Å². The summed E-state index contributed by atoms with van der Waals surface area (Å²) in [6, 6.07) is 14.2. The van der Waals surface area contributed by atoms with Gasteiger partial charge in [0.2, 0.25) is 5.91 Å². The second-order valence-corrected chi connectivity index (χ2v) is 8.66.